The SMILES string of the molecule is CCCOc1ccc(C(O)=C2C(=O)C(=O)N(CCCN(C)C)[C@]23C(=O)N(C)c2ccccc23)cc1. The summed E-state index contributed by atoms with van der Waals surface area (Å²) in [5.41, 5.74) is -0.462. The van der Waals surface area contributed by atoms with Crippen molar-refractivity contribution in [2.45, 2.75) is 25.3 Å². The van der Waals surface area contributed by atoms with E-state index < -0.39 is 23.1 Å². The van der Waals surface area contributed by atoms with Gasteiger partial charge in [-0.1, -0.05) is 25.1 Å². The number of likely N-dealkylation sites (N-methyl/N-ethyl adjacent to an activating group) is 1. The number of rotatable bonds is 8. The van der Waals surface area contributed by atoms with E-state index in [1.807, 2.05) is 25.9 Å². The minimum absolute atomic E-state index is 0.192. The molecule has 2 heterocycles. The number of carbonyl (C=O) groups is 3. The van der Waals surface area contributed by atoms with Crippen molar-refractivity contribution in [2.24, 2.45) is 0 Å². The maximum atomic E-state index is 13.9. The maximum Gasteiger partial charge on any atom is 0.296 e. The van der Waals surface area contributed by atoms with Crippen LogP contribution in [0.15, 0.2) is 54.1 Å². The van der Waals surface area contributed by atoms with E-state index in [2.05, 4.69) is 0 Å². The van der Waals surface area contributed by atoms with Crippen molar-refractivity contribution in [3.05, 3.63) is 65.2 Å². The molecular formula is C27H31N3O5. The Hall–Kier alpha value is -3.65. The standard InChI is InChI=1S/C27H31N3O5/c1-5-17-35-19-13-11-18(12-14-19)23(31)22-24(32)25(33)30(16-8-15-28(2)3)27(22)20-9-6-7-10-21(20)29(4)26(27)34/h6-7,9-14,31H,5,8,15-17H2,1-4H3/t27-/m0/s1. The first kappa shape index (κ1) is 24.5. The Kier molecular flexibility index (Phi) is 6.67. The monoisotopic (exact) mass is 477 g/mol. The van der Waals surface area contributed by atoms with Crippen LogP contribution in [-0.2, 0) is 19.9 Å². The molecule has 35 heavy (non-hydrogen) atoms. The van der Waals surface area contributed by atoms with E-state index in [0.29, 0.717) is 42.1 Å². The van der Waals surface area contributed by atoms with Gasteiger partial charge in [-0.2, -0.15) is 0 Å². The van der Waals surface area contributed by atoms with Gasteiger partial charge in [-0.3, -0.25) is 14.4 Å². The predicted molar refractivity (Wildman–Crippen MR) is 133 cm³/mol. The van der Waals surface area contributed by atoms with Crippen LogP contribution in [0.4, 0.5) is 5.69 Å². The summed E-state index contributed by atoms with van der Waals surface area (Å²) in [6, 6.07) is 13.7. The molecule has 8 nitrogen and oxygen atoms in total. The van der Waals surface area contributed by atoms with Crippen LogP contribution in [0.5, 0.6) is 5.75 Å². The van der Waals surface area contributed by atoms with Gasteiger partial charge < -0.3 is 24.5 Å². The third-order valence-electron chi connectivity index (χ3n) is 6.53. The molecule has 0 aromatic heterocycles. The fraction of sp³-hybridized carbons (Fsp3) is 0.370. The lowest BCUT2D eigenvalue weighted by atomic mass is 9.82. The van der Waals surface area contributed by atoms with Crippen LogP contribution in [0.25, 0.3) is 5.76 Å². The maximum absolute atomic E-state index is 13.9. The number of carbonyl (C=O) groups excluding carboxylic acids is 3. The average molecular weight is 478 g/mol. The zero-order valence-corrected chi connectivity index (χ0v) is 20.6. The molecule has 0 unspecified atom stereocenters. The number of aliphatic hydroxyl groups excluding tert-OH is 1. The summed E-state index contributed by atoms with van der Waals surface area (Å²) in [6.45, 7) is 3.42. The van der Waals surface area contributed by atoms with Crippen molar-refractivity contribution in [3.8, 4) is 5.75 Å². The highest BCUT2D eigenvalue weighted by Gasteiger charge is 2.66. The largest absolute Gasteiger partial charge is 0.507 e. The highest BCUT2D eigenvalue weighted by Crippen LogP contribution is 2.53. The van der Waals surface area contributed by atoms with E-state index in [1.165, 1.54) is 9.80 Å². The lowest BCUT2D eigenvalue weighted by molar-refractivity contribution is -0.143. The summed E-state index contributed by atoms with van der Waals surface area (Å²) in [6.07, 6.45) is 1.42. The zero-order valence-electron chi connectivity index (χ0n) is 20.6. The molecule has 1 N–H and O–H groups in total. The Morgan fingerprint density at radius 3 is 2.40 bits per heavy atom. The smallest absolute Gasteiger partial charge is 0.296 e. The molecule has 0 bridgehead atoms. The van der Waals surface area contributed by atoms with Crippen molar-refractivity contribution in [1.29, 1.82) is 0 Å². The number of aliphatic hydroxyl groups is 1. The highest BCUT2D eigenvalue weighted by atomic mass is 16.5. The summed E-state index contributed by atoms with van der Waals surface area (Å²) in [5.74, 6) is -1.83. The average Bonchev–Trinajstić information content (AvgIpc) is 3.21. The first-order chi connectivity index (χ1) is 16.7. The number of hydrogen-bond acceptors (Lipinski definition) is 6. The first-order valence-corrected chi connectivity index (χ1v) is 11.8. The third kappa shape index (κ3) is 3.87. The van der Waals surface area contributed by atoms with Crippen molar-refractivity contribution >= 4 is 29.0 Å². The van der Waals surface area contributed by atoms with Gasteiger partial charge in [0, 0.05) is 30.4 Å². The molecule has 2 aliphatic heterocycles. The van der Waals surface area contributed by atoms with Gasteiger partial charge in [0.15, 0.2) is 5.54 Å². The Morgan fingerprint density at radius 2 is 1.74 bits per heavy atom. The van der Waals surface area contributed by atoms with Gasteiger partial charge in [-0.25, -0.2) is 0 Å². The Bertz CT molecular complexity index is 1190. The molecule has 184 valence electrons. The molecular weight excluding hydrogens is 446 g/mol. The quantitative estimate of drug-likeness (QED) is 0.357. The second-order valence-corrected chi connectivity index (χ2v) is 9.13. The van der Waals surface area contributed by atoms with Crippen LogP contribution < -0.4 is 9.64 Å². The number of para-hydroxylation sites is 1. The summed E-state index contributed by atoms with van der Waals surface area (Å²) in [4.78, 5) is 45.5. The van der Waals surface area contributed by atoms with Gasteiger partial charge in [0.2, 0.25) is 0 Å². The van der Waals surface area contributed by atoms with Gasteiger partial charge in [-0.15, -0.1) is 0 Å². The van der Waals surface area contributed by atoms with E-state index in [1.54, 1.807) is 55.6 Å². The van der Waals surface area contributed by atoms with Crippen molar-refractivity contribution < 1.29 is 24.2 Å². The molecule has 1 atom stereocenters. The molecule has 4 rings (SSSR count). The van der Waals surface area contributed by atoms with Gasteiger partial charge in [-0.05, 0) is 63.8 Å². The summed E-state index contributed by atoms with van der Waals surface area (Å²) < 4.78 is 5.61. The number of fused-ring (bicyclic) bond motifs is 2. The summed E-state index contributed by atoms with van der Waals surface area (Å²) >= 11 is 0. The highest BCUT2D eigenvalue weighted by molar-refractivity contribution is 6.50. The summed E-state index contributed by atoms with van der Waals surface area (Å²) in [5, 5.41) is 11.4. The number of likely N-dealkylation sites (tertiary alicyclic amines) is 1. The molecule has 1 spiro atoms. The van der Waals surface area contributed by atoms with Crippen molar-refractivity contribution in [2.75, 3.05) is 45.7 Å². The minimum Gasteiger partial charge on any atom is -0.507 e. The summed E-state index contributed by atoms with van der Waals surface area (Å²) in [7, 11) is 5.46. The van der Waals surface area contributed by atoms with Crippen LogP contribution in [-0.4, -0.2) is 73.3 Å². The molecule has 0 aliphatic carbocycles. The van der Waals surface area contributed by atoms with Crippen LogP contribution in [0.3, 0.4) is 0 Å². The number of anilines is 1. The Labute approximate surface area is 205 Å². The number of hydrogen-bond donors (Lipinski definition) is 1. The Balaban J connectivity index is 1.89. The first-order valence-electron chi connectivity index (χ1n) is 11.8. The van der Waals surface area contributed by atoms with E-state index >= 15 is 0 Å². The van der Waals surface area contributed by atoms with Crippen LogP contribution >= 0.6 is 0 Å². The van der Waals surface area contributed by atoms with Crippen molar-refractivity contribution in [1.82, 2.24) is 9.80 Å². The lowest BCUT2D eigenvalue weighted by Crippen LogP contribution is -2.51. The minimum atomic E-state index is -1.71. The second-order valence-electron chi connectivity index (χ2n) is 9.13. The molecule has 0 saturated carbocycles. The van der Waals surface area contributed by atoms with Crippen molar-refractivity contribution in [3.63, 3.8) is 0 Å². The fourth-order valence-electron chi connectivity index (χ4n) is 4.89. The molecule has 1 saturated heterocycles. The number of Topliss-reactive ketones (excluding diaryl/α,β-unsaturated/α-hetero) is 1. The molecule has 0 radical (unpaired) electrons. The van der Waals surface area contributed by atoms with Gasteiger partial charge in [0.1, 0.15) is 11.5 Å². The number of amides is 2. The molecule has 2 aliphatic rings. The van der Waals surface area contributed by atoms with E-state index in [9.17, 15) is 19.5 Å². The number of benzene rings is 2. The predicted octanol–water partition coefficient (Wildman–Crippen LogP) is 2.98. The third-order valence-corrected chi connectivity index (χ3v) is 6.53. The zero-order chi connectivity index (χ0) is 25.3. The molecule has 2 aromatic rings. The van der Waals surface area contributed by atoms with E-state index in [-0.39, 0.29) is 17.9 Å². The molecule has 2 aromatic carbocycles. The van der Waals surface area contributed by atoms with Gasteiger partial charge >= 0.3 is 0 Å². The van der Waals surface area contributed by atoms with E-state index in [4.69, 9.17) is 4.74 Å². The topological polar surface area (TPSA) is 90.4 Å². The van der Waals surface area contributed by atoms with Gasteiger partial charge in [0.05, 0.1) is 12.2 Å². The molecule has 8 heteroatoms. The normalized spacial score (nSPS) is 20.9. The Morgan fingerprint density at radius 1 is 1.06 bits per heavy atom. The number of ketones is 1. The van der Waals surface area contributed by atoms with Crippen LogP contribution in [0.2, 0.25) is 0 Å². The van der Waals surface area contributed by atoms with Crippen LogP contribution in [0, 0.1) is 0 Å². The molecule has 2 amide bonds. The van der Waals surface area contributed by atoms with Crippen LogP contribution in [0.1, 0.15) is 30.9 Å². The molecule has 1 fully saturated rings. The van der Waals surface area contributed by atoms with E-state index in [0.717, 1.165) is 6.42 Å². The number of nitrogens with zero attached hydrogens (tertiary/aromatic N) is 3. The number of ether oxygens (including phenoxy) is 1. The second kappa shape index (κ2) is 9.54. The fourth-order valence-corrected chi connectivity index (χ4v) is 4.89. The van der Waals surface area contributed by atoms with Gasteiger partial charge in [0.25, 0.3) is 17.6 Å². The lowest BCUT2D eigenvalue weighted by Gasteiger charge is -2.34.